The fourth-order valence-electron chi connectivity index (χ4n) is 3.68. The van der Waals surface area contributed by atoms with Gasteiger partial charge < -0.3 is 4.74 Å². The van der Waals surface area contributed by atoms with Crippen LogP contribution in [0.25, 0.3) is 0 Å². The van der Waals surface area contributed by atoms with Gasteiger partial charge in [-0.15, -0.1) is 0 Å². The highest BCUT2D eigenvalue weighted by Crippen LogP contribution is 2.22. The van der Waals surface area contributed by atoms with Crippen molar-refractivity contribution in [3.05, 3.63) is 11.6 Å². The fraction of sp³-hybridized carbons (Fsp3) is 0.885. The van der Waals surface area contributed by atoms with Crippen molar-refractivity contribution in [3.63, 3.8) is 0 Å². The zero-order chi connectivity index (χ0) is 21.2. The van der Waals surface area contributed by atoms with Crippen molar-refractivity contribution in [3.8, 4) is 0 Å². The second-order valence-electron chi connectivity index (χ2n) is 9.55. The molecule has 0 N–H and O–H groups in total. The summed E-state index contributed by atoms with van der Waals surface area (Å²) in [5.41, 5.74) is 1.35. The number of unbranched alkanes of at least 4 members (excludes halogenated alkanes) is 2. The molecule has 2 heteroatoms. The predicted octanol–water partition coefficient (Wildman–Crippen LogP) is 8.50. The normalized spacial score (nSPS) is 14.3. The van der Waals surface area contributed by atoms with Crippen LogP contribution in [0.4, 0.5) is 0 Å². The van der Waals surface area contributed by atoms with Gasteiger partial charge in [-0.3, -0.25) is 4.79 Å². The van der Waals surface area contributed by atoms with Gasteiger partial charge in [-0.1, -0.05) is 98.0 Å². The fourth-order valence-corrected chi connectivity index (χ4v) is 3.68. The molecule has 2 atom stereocenters. The van der Waals surface area contributed by atoms with E-state index >= 15 is 0 Å². The molecule has 2 unspecified atom stereocenters. The highest BCUT2D eigenvalue weighted by atomic mass is 16.5. The molecule has 0 saturated heterocycles. The standard InChI is InChI=1S/C26H50O2/c1-7-8-9-19-26(27)28-21-20-25(6)18-12-17-24(5)16-11-15-23(4)14-10-13-22(2)3/h20,22-24H,7-19,21H2,1-6H3. The van der Waals surface area contributed by atoms with Crippen LogP contribution < -0.4 is 0 Å². The molecular weight excluding hydrogens is 344 g/mol. The van der Waals surface area contributed by atoms with Crippen molar-refractivity contribution in [2.45, 2.75) is 125 Å². The Morgan fingerprint density at radius 3 is 1.93 bits per heavy atom. The van der Waals surface area contributed by atoms with Crippen molar-refractivity contribution in [1.82, 2.24) is 0 Å². The van der Waals surface area contributed by atoms with Crippen LogP contribution in [0.2, 0.25) is 0 Å². The molecule has 2 nitrogen and oxygen atoms in total. The molecule has 0 rings (SSSR count). The Morgan fingerprint density at radius 1 is 0.786 bits per heavy atom. The van der Waals surface area contributed by atoms with Gasteiger partial charge >= 0.3 is 5.97 Å². The Balaban J connectivity index is 3.67. The summed E-state index contributed by atoms with van der Waals surface area (Å²) in [4.78, 5) is 11.6. The SMILES string of the molecule is CCCCCC(=O)OCC=C(C)CCCC(C)CCCC(C)CCCC(C)C. The molecule has 0 radical (unpaired) electrons. The quantitative estimate of drug-likeness (QED) is 0.132. The maximum Gasteiger partial charge on any atom is 0.306 e. The van der Waals surface area contributed by atoms with Crippen LogP contribution in [0.1, 0.15) is 125 Å². The molecule has 0 aliphatic carbocycles. The predicted molar refractivity (Wildman–Crippen MR) is 124 cm³/mol. The zero-order valence-electron chi connectivity index (χ0n) is 20.0. The summed E-state index contributed by atoms with van der Waals surface area (Å²) in [5, 5.41) is 0. The van der Waals surface area contributed by atoms with Crippen molar-refractivity contribution in [1.29, 1.82) is 0 Å². The van der Waals surface area contributed by atoms with Gasteiger partial charge in [0.2, 0.25) is 0 Å². The third-order valence-electron chi connectivity index (χ3n) is 5.80. The molecule has 0 aromatic rings. The Bertz CT molecular complexity index is 397. The lowest BCUT2D eigenvalue weighted by molar-refractivity contribution is -0.142. The molecule has 0 aromatic heterocycles. The smallest absolute Gasteiger partial charge is 0.306 e. The molecule has 0 spiro atoms. The van der Waals surface area contributed by atoms with Crippen LogP contribution in [0.3, 0.4) is 0 Å². The molecular formula is C26H50O2. The maximum absolute atomic E-state index is 11.6. The third-order valence-corrected chi connectivity index (χ3v) is 5.80. The molecule has 0 aliphatic rings. The first-order valence-electron chi connectivity index (χ1n) is 12.2. The number of ether oxygens (including phenoxy) is 1. The van der Waals surface area contributed by atoms with Crippen molar-refractivity contribution in [2.24, 2.45) is 17.8 Å². The summed E-state index contributed by atoms with van der Waals surface area (Å²) in [7, 11) is 0. The van der Waals surface area contributed by atoms with Crippen molar-refractivity contribution in [2.75, 3.05) is 6.61 Å². The largest absolute Gasteiger partial charge is 0.461 e. The molecule has 0 amide bonds. The van der Waals surface area contributed by atoms with Gasteiger partial charge in [-0.2, -0.15) is 0 Å². The van der Waals surface area contributed by atoms with Crippen LogP contribution in [0.5, 0.6) is 0 Å². The number of carbonyl (C=O) groups excluding carboxylic acids is 1. The van der Waals surface area contributed by atoms with Crippen LogP contribution in [-0.4, -0.2) is 12.6 Å². The Kier molecular flexibility index (Phi) is 17.7. The number of carbonyl (C=O) groups is 1. The van der Waals surface area contributed by atoms with Gasteiger partial charge in [0.05, 0.1) is 0 Å². The van der Waals surface area contributed by atoms with Crippen LogP contribution in [0, 0.1) is 17.8 Å². The molecule has 0 aromatic carbocycles. The summed E-state index contributed by atoms with van der Waals surface area (Å²) in [6.07, 6.45) is 17.9. The van der Waals surface area contributed by atoms with Crippen LogP contribution in [0.15, 0.2) is 11.6 Å². The number of hydrogen-bond donors (Lipinski definition) is 0. The molecule has 28 heavy (non-hydrogen) atoms. The first-order chi connectivity index (χ1) is 13.3. The Labute approximate surface area is 176 Å². The first kappa shape index (κ1) is 27.2. The number of rotatable bonds is 18. The van der Waals surface area contributed by atoms with Gasteiger partial charge in [-0.25, -0.2) is 0 Å². The van der Waals surface area contributed by atoms with E-state index in [1.165, 1.54) is 56.9 Å². The monoisotopic (exact) mass is 394 g/mol. The van der Waals surface area contributed by atoms with Crippen LogP contribution >= 0.6 is 0 Å². The van der Waals surface area contributed by atoms with E-state index in [2.05, 4.69) is 47.6 Å². The van der Waals surface area contributed by atoms with E-state index in [0.717, 1.165) is 43.4 Å². The average molecular weight is 395 g/mol. The molecule has 0 heterocycles. The summed E-state index contributed by atoms with van der Waals surface area (Å²) in [5.74, 6) is 2.51. The van der Waals surface area contributed by atoms with E-state index in [-0.39, 0.29) is 5.97 Å². The van der Waals surface area contributed by atoms with Crippen molar-refractivity contribution >= 4 is 5.97 Å². The zero-order valence-corrected chi connectivity index (χ0v) is 20.0. The topological polar surface area (TPSA) is 26.3 Å². The third kappa shape index (κ3) is 18.6. The first-order valence-corrected chi connectivity index (χ1v) is 12.2. The molecule has 0 bridgehead atoms. The molecule has 0 fully saturated rings. The number of allylic oxidation sites excluding steroid dienone is 1. The number of esters is 1. The summed E-state index contributed by atoms with van der Waals surface area (Å²) in [6.45, 7) is 14.2. The average Bonchev–Trinajstić information content (AvgIpc) is 2.61. The van der Waals surface area contributed by atoms with Gasteiger partial charge in [0.15, 0.2) is 0 Å². The van der Waals surface area contributed by atoms with E-state index in [1.807, 2.05) is 0 Å². The summed E-state index contributed by atoms with van der Waals surface area (Å²) in [6, 6.07) is 0. The van der Waals surface area contributed by atoms with E-state index in [4.69, 9.17) is 4.74 Å². The van der Waals surface area contributed by atoms with Crippen LogP contribution in [-0.2, 0) is 9.53 Å². The van der Waals surface area contributed by atoms with Gasteiger partial charge in [0.1, 0.15) is 6.61 Å². The Hall–Kier alpha value is -0.790. The second kappa shape index (κ2) is 18.3. The molecule has 0 saturated carbocycles. The lowest BCUT2D eigenvalue weighted by Gasteiger charge is -2.15. The maximum atomic E-state index is 11.6. The van der Waals surface area contributed by atoms with E-state index in [0.29, 0.717) is 13.0 Å². The lowest BCUT2D eigenvalue weighted by Crippen LogP contribution is -2.04. The highest BCUT2D eigenvalue weighted by molar-refractivity contribution is 5.69. The van der Waals surface area contributed by atoms with E-state index < -0.39 is 0 Å². The van der Waals surface area contributed by atoms with Crippen molar-refractivity contribution < 1.29 is 9.53 Å². The summed E-state index contributed by atoms with van der Waals surface area (Å²) >= 11 is 0. The minimum absolute atomic E-state index is 0.0513. The highest BCUT2D eigenvalue weighted by Gasteiger charge is 2.07. The van der Waals surface area contributed by atoms with Gasteiger partial charge in [-0.05, 0) is 50.0 Å². The minimum atomic E-state index is -0.0513. The second-order valence-corrected chi connectivity index (χ2v) is 9.55. The molecule has 166 valence electrons. The Morgan fingerprint density at radius 2 is 1.36 bits per heavy atom. The van der Waals surface area contributed by atoms with Gasteiger partial charge in [0, 0.05) is 6.42 Å². The lowest BCUT2D eigenvalue weighted by atomic mass is 9.91. The van der Waals surface area contributed by atoms with E-state index in [1.54, 1.807) is 0 Å². The molecule has 0 aliphatic heterocycles. The van der Waals surface area contributed by atoms with Gasteiger partial charge in [0.25, 0.3) is 0 Å². The number of hydrogen-bond acceptors (Lipinski definition) is 2. The van der Waals surface area contributed by atoms with E-state index in [9.17, 15) is 4.79 Å². The minimum Gasteiger partial charge on any atom is -0.461 e. The summed E-state index contributed by atoms with van der Waals surface area (Å²) < 4.78 is 5.29.